The molecule has 126 valence electrons. The SMILES string of the molecule is O=S(=O)(NCCNc1ccc(-n2cccc2)nn1)c1ccc(Cl)s1. The molecule has 2 N–H and O–H groups in total. The number of nitrogens with one attached hydrogen (secondary N) is 2. The molecule has 3 aromatic heterocycles. The van der Waals surface area contributed by atoms with E-state index in [-0.39, 0.29) is 10.8 Å². The van der Waals surface area contributed by atoms with Gasteiger partial charge in [-0.05, 0) is 36.4 Å². The van der Waals surface area contributed by atoms with Crippen molar-refractivity contribution in [3.05, 3.63) is 53.1 Å². The highest BCUT2D eigenvalue weighted by atomic mass is 35.5. The van der Waals surface area contributed by atoms with Crippen molar-refractivity contribution in [1.82, 2.24) is 19.5 Å². The molecule has 0 saturated heterocycles. The van der Waals surface area contributed by atoms with Crippen LogP contribution in [0.2, 0.25) is 4.34 Å². The Bertz CT molecular complexity index is 892. The van der Waals surface area contributed by atoms with Gasteiger partial charge in [-0.3, -0.25) is 0 Å². The molecule has 3 rings (SSSR count). The van der Waals surface area contributed by atoms with Crippen LogP contribution in [0.1, 0.15) is 0 Å². The molecule has 0 bridgehead atoms. The Morgan fingerprint density at radius 1 is 1.08 bits per heavy atom. The van der Waals surface area contributed by atoms with Gasteiger partial charge in [0.05, 0.1) is 4.34 Å². The lowest BCUT2D eigenvalue weighted by molar-refractivity contribution is 0.585. The number of nitrogens with zero attached hydrogens (tertiary/aromatic N) is 3. The second kappa shape index (κ2) is 7.31. The third kappa shape index (κ3) is 4.12. The highest BCUT2D eigenvalue weighted by molar-refractivity contribution is 7.91. The van der Waals surface area contributed by atoms with Gasteiger partial charge in [-0.1, -0.05) is 11.6 Å². The molecule has 0 aromatic carbocycles. The van der Waals surface area contributed by atoms with E-state index in [0.717, 1.165) is 11.3 Å². The van der Waals surface area contributed by atoms with Gasteiger partial charge < -0.3 is 9.88 Å². The summed E-state index contributed by atoms with van der Waals surface area (Å²) in [5, 5.41) is 11.2. The highest BCUT2D eigenvalue weighted by Crippen LogP contribution is 2.25. The number of halogens is 1. The normalized spacial score (nSPS) is 11.5. The van der Waals surface area contributed by atoms with E-state index < -0.39 is 10.0 Å². The fourth-order valence-corrected chi connectivity index (χ4v) is 4.49. The van der Waals surface area contributed by atoms with Gasteiger partial charge in [0.1, 0.15) is 10.0 Å². The molecule has 0 saturated carbocycles. The first kappa shape index (κ1) is 16.9. The van der Waals surface area contributed by atoms with Crippen LogP contribution in [0.3, 0.4) is 0 Å². The van der Waals surface area contributed by atoms with Gasteiger partial charge in [0, 0.05) is 25.5 Å². The van der Waals surface area contributed by atoms with Gasteiger partial charge in [-0.2, -0.15) is 0 Å². The molecule has 0 unspecified atom stereocenters. The van der Waals surface area contributed by atoms with Crippen molar-refractivity contribution >= 4 is 38.8 Å². The van der Waals surface area contributed by atoms with E-state index in [1.54, 1.807) is 12.1 Å². The monoisotopic (exact) mass is 383 g/mol. The average molecular weight is 384 g/mol. The summed E-state index contributed by atoms with van der Waals surface area (Å²) in [7, 11) is -3.53. The molecule has 24 heavy (non-hydrogen) atoms. The topological polar surface area (TPSA) is 88.9 Å². The van der Waals surface area contributed by atoms with Crippen molar-refractivity contribution < 1.29 is 8.42 Å². The van der Waals surface area contributed by atoms with Crippen molar-refractivity contribution in [3.63, 3.8) is 0 Å². The Balaban J connectivity index is 1.50. The number of rotatable bonds is 7. The molecule has 0 spiro atoms. The zero-order valence-corrected chi connectivity index (χ0v) is 14.8. The van der Waals surface area contributed by atoms with Crippen LogP contribution in [0.5, 0.6) is 0 Å². The average Bonchev–Trinajstić information content (AvgIpc) is 3.24. The van der Waals surface area contributed by atoms with Crippen LogP contribution in [-0.2, 0) is 10.0 Å². The van der Waals surface area contributed by atoms with Crippen molar-refractivity contribution in [2.24, 2.45) is 0 Å². The lowest BCUT2D eigenvalue weighted by Gasteiger charge is -2.07. The Kier molecular flexibility index (Phi) is 5.14. The maximum Gasteiger partial charge on any atom is 0.250 e. The van der Waals surface area contributed by atoms with E-state index in [0.29, 0.717) is 22.5 Å². The fraction of sp³-hybridized carbons (Fsp3) is 0.143. The molecule has 0 aliphatic heterocycles. The standard InChI is InChI=1S/C14H14ClN5O2S2/c15-11-3-6-14(23-11)24(21,22)17-8-7-16-12-4-5-13(19-18-12)20-9-1-2-10-20/h1-6,9-10,17H,7-8H2,(H,16,18). The predicted octanol–water partition coefficient (Wildman–Crippen LogP) is 2.37. The summed E-state index contributed by atoms with van der Waals surface area (Å²) in [5.74, 6) is 1.28. The molecule has 0 fully saturated rings. The molecule has 0 aliphatic carbocycles. The van der Waals surface area contributed by atoms with E-state index in [9.17, 15) is 8.42 Å². The second-order valence-electron chi connectivity index (χ2n) is 4.75. The molecule has 0 aliphatic rings. The summed E-state index contributed by atoms with van der Waals surface area (Å²) < 4.78 is 29.0. The van der Waals surface area contributed by atoms with Gasteiger partial charge >= 0.3 is 0 Å². The molecule has 3 aromatic rings. The lowest BCUT2D eigenvalue weighted by atomic mass is 10.5. The number of aromatic nitrogens is 3. The minimum Gasteiger partial charge on any atom is -0.367 e. The van der Waals surface area contributed by atoms with Gasteiger partial charge in [-0.25, -0.2) is 13.1 Å². The summed E-state index contributed by atoms with van der Waals surface area (Å²) in [6.07, 6.45) is 3.76. The van der Waals surface area contributed by atoms with Crippen LogP contribution in [0.25, 0.3) is 5.82 Å². The van der Waals surface area contributed by atoms with Crippen LogP contribution in [0.4, 0.5) is 5.82 Å². The summed E-state index contributed by atoms with van der Waals surface area (Å²) in [4.78, 5) is 0. The minimum absolute atomic E-state index is 0.198. The molecular formula is C14H14ClN5O2S2. The molecule has 0 radical (unpaired) electrons. The fourth-order valence-electron chi connectivity index (χ4n) is 1.93. The van der Waals surface area contributed by atoms with Crippen molar-refractivity contribution in [2.75, 3.05) is 18.4 Å². The first-order valence-corrected chi connectivity index (χ1v) is 9.68. The van der Waals surface area contributed by atoms with Gasteiger partial charge in [0.25, 0.3) is 0 Å². The van der Waals surface area contributed by atoms with Crippen molar-refractivity contribution in [3.8, 4) is 5.82 Å². The molecule has 0 amide bonds. The first-order chi connectivity index (χ1) is 11.5. The van der Waals surface area contributed by atoms with E-state index in [2.05, 4.69) is 20.2 Å². The summed E-state index contributed by atoms with van der Waals surface area (Å²) in [6.45, 7) is 0.606. The molecule has 0 atom stereocenters. The predicted molar refractivity (Wildman–Crippen MR) is 94.4 cm³/mol. The number of anilines is 1. The van der Waals surface area contributed by atoms with Crippen molar-refractivity contribution in [2.45, 2.75) is 4.21 Å². The second-order valence-corrected chi connectivity index (χ2v) is 8.46. The van der Waals surface area contributed by atoms with Crippen LogP contribution >= 0.6 is 22.9 Å². The molecule has 7 nitrogen and oxygen atoms in total. The Hall–Kier alpha value is -1.94. The Morgan fingerprint density at radius 2 is 1.88 bits per heavy atom. The number of hydrogen-bond donors (Lipinski definition) is 2. The van der Waals surface area contributed by atoms with Crippen LogP contribution in [0, 0.1) is 0 Å². The number of hydrogen-bond acceptors (Lipinski definition) is 6. The zero-order chi connectivity index (χ0) is 17.0. The lowest BCUT2D eigenvalue weighted by Crippen LogP contribution is -2.28. The van der Waals surface area contributed by atoms with Gasteiger partial charge in [-0.15, -0.1) is 21.5 Å². The van der Waals surface area contributed by atoms with E-state index in [1.165, 1.54) is 6.07 Å². The van der Waals surface area contributed by atoms with Gasteiger partial charge in [0.2, 0.25) is 10.0 Å². The Morgan fingerprint density at radius 3 is 2.50 bits per heavy atom. The van der Waals surface area contributed by atoms with E-state index in [1.807, 2.05) is 35.2 Å². The molecule has 3 heterocycles. The number of thiophene rings is 1. The third-order valence-corrected chi connectivity index (χ3v) is 6.24. The highest BCUT2D eigenvalue weighted by Gasteiger charge is 2.15. The van der Waals surface area contributed by atoms with Crippen LogP contribution in [0.15, 0.2) is 53.0 Å². The third-order valence-electron chi connectivity index (χ3n) is 3.06. The molecule has 10 heteroatoms. The maximum absolute atomic E-state index is 12.0. The van der Waals surface area contributed by atoms with E-state index in [4.69, 9.17) is 11.6 Å². The molecular weight excluding hydrogens is 370 g/mol. The summed E-state index contributed by atoms with van der Waals surface area (Å²) in [5.41, 5.74) is 0. The Labute approximate surface area is 148 Å². The summed E-state index contributed by atoms with van der Waals surface area (Å²) in [6, 6.07) is 10.5. The minimum atomic E-state index is -3.53. The number of sulfonamides is 1. The summed E-state index contributed by atoms with van der Waals surface area (Å²) >= 11 is 6.77. The largest absolute Gasteiger partial charge is 0.367 e. The van der Waals surface area contributed by atoms with E-state index >= 15 is 0 Å². The first-order valence-electron chi connectivity index (χ1n) is 7.00. The van der Waals surface area contributed by atoms with Crippen LogP contribution in [-0.4, -0.2) is 36.3 Å². The smallest absolute Gasteiger partial charge is 0.250 e. The quantitative estimate of drug-likeness (QED) is 0.611. The maximum atomic E-state index is 12.0. The van der Waals surface area contributed by atoms with Crippen LogP contribution < -0.4 is 10.0 Å². The zero-order valence-electron chi connectivity index (χ0n) is 12.4. The van der Waals surface area contributed by atoms with Gasteiger partial charge in [0.15, 0.2) is 5.82 Å². The van der Waals surface area contributed by atoms with Crippen molar-refractivity contribution in [1.29, 1.82) is 0 Å².